The van der Waals surface area contributed by atoms with Crippen molar-refractivity contribution in [2.75, 3.05) is 13.1 Å². The fraction of sp³-hybridized carbons (Fsp3) is 0.238. The van der Waals surface area contributed by atoms with Gasteiger partial charge < -0.3 is 5.11 Å². The molecule has 0 bridgehead atoms. The van der Waals surface area contributed by atoms with E-state index in [2.05, 4.69) is 4.98 Å². The molecule has 3 aromatic rings. The van der Waals surface area contributed by atoms with Gasteiger partial charge in [-0.1, -0.05) is 6.07 Å². The summed E-state index contributed by atoms with van der Waals surface area (Å²) in [5, 5.41) is 9.78. The predicted molar refractivity (Wildman–Crippen MR) is 107 cm³/mol. The van der Waals surface area contributed by atoms with Crippen LogP contribution in [-0.2, 0) is 10.0 Å². The minimum atomic E-state index is -4.25. The second kappa shape index (κ2) is 7.61. The van der Waals surface area contributed by atoms with Gasteiger partial charge in [-0.3, -0.25) is 0 Å². The number of sulfonamides is 1. The number of hydrogen-bond acceptors (Lipinski definition) is 4. The standard InChI is InChI=1S/C21H17F3N2O4S/c1-11-6-19(25-18-7-12(21(27)28)2-3-15(11)18)20-16(23)8-14(9-17(20)24)31(29,30)26-5-4-13(22)10-26/h2-3,6-9,13H,4-5,10H2,1H3,(H,27,28)/t13-/m1/s1. The Labute approximate surface area is 176 Å². The van der Waals surface area contributed by atoms with Crippen LogP contribution in [0.5, 0.6) is 0 Å². The lowest BCUT2D eigenvalue weighted by atomic mass is 10.0. The van der Waals surface area contributed by atoms with Gasteiger partial charge in [0.15, 0.2) is 0 Å². The first-order valence-corrected chi connectivity index (χ1v) is 10.8. The number of pyridine rings is 1. The minimum absolute atomic E-state index is 0.0287. The maximum atomic E-state index is 14.9. The van der Waals surface area contributed by atoms with Crippen molar-refractivity contribution in [3.8, 4) is 11.3 Å². The van der Waals surface area contributed by atoms with E-state index in [-0.39, 0.29) is 36.3 Å². The largest absolute Gasteiger partial charge is 0.478 e. The second-order valence-corrected chi connectivity index (χ2v) is 9.31. The molecule has 1 fully saturated rings. The maximum absolute atomic E-state index is 14.9. The summed E-state index contributed by atoms with van der Waals surface area (Å²) in [5.41, 5.74) is 0.177. The molecule has 0 saturated carbocycles. The summed E-state index contributed by atoms with van der Waals surface area (Å²) in [6.45, 7) is 1.26. The summed E-state index contributed by atoms with van der Waals surface area (Å²) < 4.78 is 69.3. The first-order valence-electron chi connectivity index (χ1n) is 9.36. The number of aryl methyl sites for hydroxylation is 1. The topological polar surface area (TPSA) is 87.6 Å². The molecule has 1 aliphatic heterocycles. The van der Waals surface area contributed by atoms with Crippen molar-refractivity contribution in [3.63, 3.8) is 0 Å². The highest BCUT2D eigenvalue weighted by Gasteiger charge is 2.33. The van der Waals surface area contributed by atoms with Gasteiger partial charge in [0, 0.05) is 18.5 Å². The molecule has 0 radical (unpaired) electrons. The monoisotopic (exact) mass is 450 g/mol. The van der Waals surface area contributed by atoms with Gasteiger partial charge in [-0.05, 0) is 49.2 Å². The van der Waals surface area contributed by atoms with Crippen molar-refractivity contribution in [2.24, 2.45) is 0 Å². The number of halogens is 3. The number of alkyl halides is 1. The third-order valence-corrected chi connectivity index (χ3v) is 7.11. The van der Waals surface area contributed by atoms with E-state index in [1.807, 2.05) is 0 Å². The van der Waals surface area contributed by atoms with Crippen molar-refractivity contribution in [1.29, 1.82) is 0 Å². The zero-order valence-electron chi connectivity index (χ0n) is 16.3. The van der Waals surface area contributed by atoms with E-state index in [0.29, 0.717) is 23.1 Å². The third kappa shape index (κ3) is 3.77. The summed E-state index contributed by atoms with van der Waals surface area (Å²) in [6, 6.07) is 7.07. The van der Waals surface area contributed by atoms with Crippen LogP contribution in [0.25, 0.3) is 22.2 Å². The zero-order chi connectivity index (χ0) is 22.5. The highest BCUT2D eigenvalue weighted by atomic mass is 32.2. The number of hydrogen-bond donors (Lipinski definition) is 1. The molecule has 2 aromatic carbocycles. The molecule has 1 N–H and O–H groups in total. The first kappa shape index (κ1) is 21.3. The lowest BCUT2D eigenvalue weighted by molar-refractivity contribution is 0.0697. The quantitative estimate of drug-likeness (QED) is 0.651. The number of benzene rings is 2. The van der Waals surface area contributed by atoms with E-state index in [1.165, 1.54) is 18.2 Å². The number of aromatic nitrogens is 1. The van der Waals surface area contributed by atoms with Crippen LogP contribution in [0.15, 0.2) is 41.3 Å². The van der Waals surface area contributed by atoms with E-state index < -0.39 is 44.3 Å². The van der Waals surface area contributed by atoms with Crippen LogP contribution >= 0.6 is 0 Å². The van der Waals surface area contributed by atoms with Crippen molar-refractivity contribution < 1.29 is 31.5 Å². The van der Waals surface area contributed by atoms with Gasteiger partial charge in [-0.25, -0.2) is 31.4 Å². The molecule has 1 aromatic heterocycles. The lowest BCUT2D eigenvalue weighted by Gasteiger charge is -2.16. The molecular formula is C21H17F3N2O4S. The zero-order valence-corrected chi connectivity index (χ0v) is 17.1. The van der Waals surface area contributed by atoms with Crippen LogP contribution in [0, 0.1) is 18.6 Å². The van der Waals surface area contributed by atoms with E-state index >= 15 is 0 Å². The number of fused-ring (bicyclic) bond motifs is 1. The molecule has 0 aliphatic carbocycles. The van der Waals surface area contributed by atoms with E-state index in [1.54, 1.807) is 13.0 Å². The maximum Gasteiger partial charge on any atom is 0.335 e. The van der Waals surface area contributed by atoms with Crippen molar-refractivity contribution >= 4 is 26.9 Å². The van der Waals surface area contributed by atoms with E-state index in [9.17, 15) is 26.4 Å². The van der Waals surface area contributed by atoms with Gasteiger partial charge in [0.05, 0.1) is 27.2 Å². The number of rotatable bonds is 4. The Morgan fingerprint density at radius 3 is 2.42 bits per heavy atom. The van der Waals surface area contributed by atoms with E-state index in [4.69, 9.17) is 5.11 Å². The van der Waals surface area contributed by atoms with Crippen LogP contribution in [-0.4, -0.2) is 48.0 Å². The van der Waals surface area contributed by atoms with Crippen molar-refractivity contribution in [3.05, 3.63) is 59.2 Å². The summed E-state index contributed by atoms with van der Waals surface area (Å²) in [7, 11) is -4.25. The highest BCUT2D eigenvalue weighted by molar-refractivity contribution is 7.89. The fourth-order valence-electron chi connectivity index (χ4n) is 3.66. The smallest absolute Gasteiger partial charge is 0.335 e. The first-order chi connectivity index (χ1) is 14.6. The molecule has 1 atom stereocenters. The summed E-state index contributed by atoms with van der Waals surface area (Å²) in [5.74, 6) is -3.46. The van der Waals surface area contributed by atoms with E-state index in [0.717, 1.165) is 4.31 Å². The fourth-order valence-corrected chi connectivity index (χ4v) is 5.17. The number of nitrogens with zero attached hydrogens (tertiary/aromatic N) is 2. The molecule has 162 valence electrons. The molecule has 1 saturated heterocycles. The van der Waals surface area contributed by atoms with Crippen molar-refractivity contribution in [2.45, 2.75) is 24.4 Å². The predicted octanol–water partition coefficient (Wildman–Crippen LogP) is 3.92. The molecule has 0 amide bonds. The SMILES string of the molecule is Cc1cc(-c2c(F)cc(S(=O)(=O)N3CC[C@@H](F)C3)cc2F)nc2cc(C(=O)O)ccc12. The minimum Gasteiger partial charge on any atom is -0.478 e. The molecule has 31 heavy (non-hydrogen) atoms. The van der Waals surface area contributed by atoms with Gasteiger partial charge in [-0.15, -0.1) is 0 Å². The second-order valence-electron chi connectivity index (χ2n) is 7.37. The van der Waals surface area contributed by atoms with Crippen LogP contribution in [0.3, 0.4) is 0 Å². The van der Waals surface area contributed by atoms with Gasteiger partial charge in [0.25, 0.3) is 0 Å². The van der Waals surface area contributed by atoms with Crippen LogP contribution < -0.4 is 0 Å². The molecule has 6 nitrogen and oxygen atoms in total. The summed E-state index contributed by atoms with van der Waals surface area (Å²) in [6.07, 6.45) is -1.29. The number of carbonyl (C=O) groups is 1. The molecule has 10 heteroatoms. The van der Waals surface area contributed by atoms with Gasteiger partial charge in [0.2, 0.25) is 10.0 Å². The average molecular weight is 450 g/mol. The van der Waals surface area contributed by atoms with Crippen LogP contribution in [0.2, 0.25) is 0 Å². The van der Waals surface area contributed by atoms with Crippen LogP contribution in [0.1, 0.15) is 22.3 Å². The van der Waals surface area contributed by atoms with Crippen molar-refractivity contribution in [1.82, 2.24) is 9.29 Å². The molecule has 1 aliphatic rings. The Kier molecular flexibility index (Phi) is 5.22. The molecule has 2 heterocycles. The Morgan fingerprint density at radius 2 is 1.84 bits per heavy atom. The summed E-state index contributed by atoms with van der Waals surface area (Å²) in [4.78, 5) is 14.8. The molecule has 0 unspecified atom stereocenters. The molecule has 4 rings (SSSR count). The third-order valence-electron chi connectivity index (χ3n) is 5.27. The van der Waals surface area contributed by atoms with Gasteiger partial charge in [0.1, 0.15) is 17.8 Å². The Morgan fingerprint density at radius 1 is 1.16 bits per heavy atom. The Hall–Kier alpha value is -2.98. The number of aromatic carboxylic acids is 1. The molecular weight excluding hydrogens is 433 g/mol. The number of carboxylic acids is 1. The van der Waals surface area contributed by atoms with Crippen LogP contribution in [0.4, 0.5) is 13.2 Å². The average Bonchev–Trinajstić information content (AvgIpc) is 3.14. The molecule has 0 spiro atoms. The summed E-state index contributed by atoms with van der Waals surface area (Å²) >= 11 is 0. The normalized spacial score (nSPS) is 17.4. The van der Waals surface area contributed by atoms with Gasteiger partial charge >= 0.3 is 5.97 Å². The highest BCUT2D eigenvalue weighted by Crippen LogP contribution is 2.32. The Balaban J connectivity index is 1.82. The lowest BCUT2D eigenvalue weighted by Crippen LogP contribution is -2.29. The number of carboxylic acid groups (broad SMARTS) is 1. The Bertz CT molecular complexity index is 1300. The van der Waals surface area contributed by atoms with Gasteiger partial charge in [-0.2, -0.15) is 4.31 Å².